The number of carbonyl (C=O) groups excluding carboxylic acids is 1. The van der Waals surface area contributed by atoms with E-state index in [1.807, 2.05) is 0 Å². The quantitative estimate of drug-likeness (QED) is 0.760. The monoisotopic (exact) mass is 371 g/mol. The van der Waals surface area contributed by atoms with Crippen LogP contribution >= 0.6 is 0 Å². The average molecular weight is 371 g/mol. The van der Waals surface area contributed by atoms with Gasteiger partial charge in [-0.1, -0.05) is 6.07 Å². The standard InChI is InChI=1S/C18H23F2NO5/c1-3-25-15-8-11(4-7-14(15)26-18(19)20)10-21(2)16(22)12-5-6-13(9-12)17(23)24/h4,7-8,12-13,18H,3,5-6,9-10H2,1-2H3,(H,23,24)/t12-,13+/m1/s1. The van der Waals surface area contributed by atoms with E-state index in [1.54, 1.807) is 26.1 Å². The maximum absolute atomic E-state index is 12.5. The molecular formula is C18H23F2NO5. The lowest BCUT2D eigenvalue weighted by molar-refractivity contribution is -0.141. The van der Waals surface area contributed by atoms with Crippen LogP contribution in [0.5, 0.6) is 11.5 Å². The molecule has 1 amide bonds. The molecule has 0 spiro atoms. The van der Waals surface area contributed by atoms with E-state index in [-0.39, 0.29) is 36.5 Å². The van der Waals surface area contributed by atoms with Crippen LogP contribution in [0, 0.1) is 11.8 Å². The molecule has 1 aromatic rings. The number of rotatable bonds is 8. The van der Waals surface area contributed by atoms with Crippen molar-refractivity contribution in [3.05, 3.63) is 23.8 Å². The minimum absolute atomic E-state index is 0.0559. The summed E-state index contributed by atoms with van der Waals surface area (Å²) in [6.07, 6.45) is 1.42. The topological polar surface area (TPSA) is 76.1 Å². The highest BCUT2D eigenvalue weighted by molar-refractivity contribution is 5.80. The zero-order valence-electron chi connectivity index (χ0n) is 14.8. The van der Waals surface area contributed by atoms with E-state index in [0.717, 1.165) is 0 Å². The molecule has 1 aromatic carbocycles. The maximum atomic E-state index is 12.5. The van der Waals surface area contributed by atoms with Crippen molar-refractivity contribution in [3.63, 3.8) is 0 Å². The summed E-state index contributed by atoms with van der Waals surface area (Å²) in [6, 6.07) is 4.55. The van der Waals surface area contributed by atoms with E-state index in [4.69, 9.17) is 9.84 Å². The molecule has 0 aromatic heterocycles. The van der Waals surface area contributed by atoms with Gasteiger partial charge < -0.3 is 19.5 Å². The number of hydrogen-bond acceptors (Lipinski definition) is 4. The predicted molar refractivity (Wildman–Crippen MR) is 89.2 cm³/mol. The van der Waals surface area contributed by atoms with E-state index in [2.05, 4.69) is 4.74 Å². The molecule has 26 heavy (non-hydrogen) atoms. The number of alkyl halides is 2. The summed E-state index contributed by atoms with van der Waals surface area (Å²) in [4.78, 5) is 25.1. The zero-order valence-corrected chi connectivity index (χ0v) is 14.8. The van der Waals surface area contributed by atoms with Crippen LogP contribution in [-0.4, -0.2) is 42.1 Å². The Hall–Kier alpha value is -2.38. The Kier molecular flexibility index (Phi) is 6.76. The van der Waals surface area contributed by atoms with Crippen molar-refractivity contribution in [1.82, 2.24) is 4.90 Å². The molecule has 0 unspecified atom stereocenters. The van der Waals surface area contributed by atoms with Crippen molar-refractivity contribution in [2.24, 2.45) is 11.8 Å². The number of nitrogens with zero attached hydrogens (tertiary/aromatic N) is 1. The van der Waals surface area contributed by atoms with Crippen LogP contribution in [0.1, 0.15) is 31.7 Å². The molecule has 1 fully saturated rings. The first kappa shape index (κ1) is 19.9. The Morgan fingerprint density at radius 2 is 1.96 bits per heavy atom. The maximum Gasteiger partial charge on any atom is 0.387 e. The van der Waals surface area contributed by atoms with Crippen LogP contribution < -0.4 is 9.47 Å². The van der Waals surface area contributed by atoms with Crippen molar-refractivity contribution in [3.8, 4) is 11.5 Å². The Labute approximate surface area is 150 Å². The van der Waals surface area contributed by atoms with Crippen molar-refractivity contribution >= 4 is 11.9 Å². The molecular weight excluding hydrogens is 348 g/mol. The second kappa shape index (κ2) is 8.82. The summed E-state index contributed by atoms with van der Waals surface area (Å²) in [6.45, 7) is -0.666. The third-order valence-electron chi connectivity index (χ3n) is 4.45. The summed E-state index contributed by atoms with van der Waals surface area (Å²) < 4.78 is 34.7. The van der Waals surface area contributed by atoms with Crippen molar-refractivity contribution in [2.75, 3.05) is 13.7 Å². The molecule has 2 rings (SSSR count). The first-order chi connectivity index (χ1) is 12.3. The molecule has 0 heterocycles. The number of ether oxygens (including phenoxy) is 2. The minimum Gasteiger partial charge on any atom is -0.490 e. The van der Waals surface area contributed by atoms with Gasteiger partial charge in [0.1, 0.15) is 0 Å². The normalized spacial score (nSPS) is 19.4. The molecule has 0 bridgehead atoms. The number of carboxylic acids is 1. The van der Waals surface area contributed by atoms with Gasteiger partial charge in [0.2, 0.25) is 5.91 Å². The number of carboxylic acid groups (broad SMARTS) is 1. The van der Waals surface area contributed by atoms with Crippen LogP contribution in [0.4, 0.5) is 8.78 Å². The molecule has 144 valence electrons. The molecule has 2 atom stereocenters. The highest BCUT2D eigenvalue weighted by atomic mass is 19.3. The lowest BCUT2D eigenvalue weighted by Crippen LogP contribution is -2.31. The van der Waals surface area contributed by atoms with Gasteiger partial charge in [-0.15, -0.1) is 0 Å². The molecule has 0 radical (unpaired) electrons. The molecule has 1 aliphatic rings. The van der Waals surface area contributed by atoms with Gasteiger partial charge in [-0.05, 0) is 43.9 Å². The average Bonchev–Trinajstić information content (AvgIpc) is 3.06. The van der Waals surface area contributed by atoms with Gasteiger partial charge in [0.15, 0.2) is 11.5 Å². The highest BCUT2D eigenvalue weighted by Gasteiger charge is 2.35. The number of amides is 1. The number of hydrogen-bond donors (Lipinski definition) is 1. The van der Waals surface area contributed by atoms with Gasteiger partial charge in [0.25, 0.3) is 0 Å². The van der Waals surface area contributed by atoms with Gasteiger partial charge in [0, 0.05) is 19.5 Å². The first-order valence-corrected chi connectivity index (χ1v) is 8.50. The number of benzene rings is 1. The smallest absolute Gasteiger partial charge is 0.387 e. The van der Waals surface area contributed by atoms with E-state index in [1.165, 1.54) is 11.0 Å². The van der Waals surface area contributed by atoms with Crippen LogP contribution in [0.3, 0.4) is 0 Å². The van der Waals surface area contributed by atoms with Gasteiger partial charge in [-0.2, -0.15) is 8.78 Å². The second-order valence-electron chi connectivity index (χ2n) is 6.33. The predicted octanol–water partition coefficient (Wildman–Crippen LogP) is 3.15. The van der Waals surface area contributed by atoms with Crippen molar-refractivity contribution in [1.29, 1.82) is 0 Å². The Morgan fingerprint density at radius 3 is 2.54 bits per heavy atom. The van der Waals surface area contributed by atoms with Crippen LogP contribution in [-0.2, 0) is 16.1 Å². The van der Waals surface area contributed by atoms with Gasteiger partial charge in [-0.3, -0.25) is 9.59 Å². The van der Waals surface area contributed by atoms with Crippen molar-refractivity contribution in [2.45, 2.75) is 39.3 Å². The van der Waals surface area contributed by atoms with Gasteiger partial charge >= 0.3 is 12.6 Å². The second-order valence-corrected chi connectivity index (χ2v) is 6.33. The summed E-state index contributed by atoms with van der Waals surface area (Å²) >= 11 is 0. The van der Waals surface area contributed by atoms with Crippen LogP contribution in [0.15, 0.2) is 18.2 Å². The Balaban J connectivity index is 2.03. The summed E-state index contributed by atoms with van der Waals surface area (Å²) in [5.74, 6) is -1.60. The SMILES string of the molecule is CCOc1cc(CN(C)C(=O)[C@@H]2CC[C@H](C(=O)O)C2)ccc1OC(F)F. The van der Waals surface area contributed by atoms with E-state index >= 15 is 0 Å². The fourth-order valence-corrected chi connectivity index (χ4v) is 3.21. The minimum atomic E-state index is -2.95. The Bertz CT molecular complexity index is 652. The molecule has 1 aliphatic carbocycles. The fourth-order valence-electron chi connectivity index (χ4n) is 3.21. The third-order valence-corrected chi connectivity index (χ3v) is 4.45. The molecule has 1 N–H and O–H groups in total. The van der Waals surface area contributed by atoms with Crippen LogP contribution in [0.25, 0.3) is 0 Å². The van der Waals surface area contributed by atoms with Crippen molar-refractivity contribution < 1.29 is 33.0 Å². The van der Waals surface area contributed by atoms with E-state index in [9.17, 15) is 18.4 Å². The molecule has 6 nitrogen and oxygen atoms in total. The third kappa shape index (κ3) is 5.06. The summed E-state index contributed by atoms with van der Waals surface area (Å²) in [5.41, 5.74) is 0.707. The fraction of sp³-hybridized carbons (Fsp3) is 0.556. The van der Waals surface area contributed by atoms with Gasteiger partial charge in [0.05, 0.1) is 12.5 Å². The largest absolute Gasteiger partial charge is 0.490 e. The van der Waals surface area contributed by atoms with Gasteiger partial charge in [-0.25, -0.2) is 0 Å². The number of carbonyl (C=O) groups is 2. The summed E-state index contributed by atoms with van der Waals surface area (Å²) in [5, 5.41) is 9.05. The van der Waals surface area contributed by atoms with E-state index < -0.39 is 18.5 Å². The lowest BCUT2D eigenvalue weighted by atomic mass is 10.0. The lowest BCUT2D eigenvalue weighted by Gasteiger charge is -2.22. The highest BCUT2D eigenvalue weighted by Crippen LogP contribution is 2.33. The Morgan fingerprint density at radius 1 is 1.27 bits per heavy atom. The molecule has 0 saturated heterocycles. The molecule has 0 aliphatic heterocycles. The van der Waals surface area contributed by atoms with E-state index in [0.29, 0.717) is 24.8 Å². The zero-order chi connectivity index (χ0) is 19.3. The first-order valence-electron chi connectivity index (χ1n) is 8.50. The van der Waals surface area contributed by atoms with Crippen LogP contribution in [0.2, 0.25) is 0 Å². The molecule has 8 heteroatoms. The number of halogens is 2. The molecule has 1 saturated carbocycles. The summed E-state index contributed by atoms with van der Waals surface area (Å²) in [7, 11) is 1.64. The number of aliphatic carboxylic acids is 1.